The second kappa shape index (κ2) is 10.2. The van der Waals surface area contributed by atoms with Gasteiger partial charge in [0.15, 0.2) is 0 Å². The molecule has 0 heterocycles. The molecular weight excluding hydrogens is 318 g/mol. The van der Waals surface area contributed by atoms with E-state index in [1.54, 1.807) is 0 Å². The van der Waals surface area contributed by atoms with Crippen LogP contribution < -0.4 is 5.32 Å². The van der Waals surface area contributed by atoms with Crippen molar-refractivity contribution in [1.82, 2.24) is 5.32 Å². The first-order valence-electron chi connectivity index (χ1n) is 9.39. The number of allylic oxidation sites excluding steroid dienone is 1. The minimum Gasteiger partial charge on any atom is -0.389 e. The smallest absolute Gasteiger partial charge is 0.0750 e. The summed E-state index contributed by atoms with van der Waals surface area (Å²) in [6, 6.07) is 8.03. The standard InChI is InChI=1S/C21H32ClNO/c1-16-13-17(2)15-19(14-16)21(24)9-5-6-11-23-12-10-18-7-3-4-8-20(18)22/h3-4,7-8,14,16-17,21,23-24H,5-6,9-13,15H2,1-2H3. The Bertz CT molecular complexity index is 528. The molecule has 2 N–H and O–H groups in total. The molecule has 0 radical (unpaired) electrons. The van der Waals surface area contributed by atoms with E-state index in [4.69, 9.17) is 11.6 Å². The number of benzene rings is 1. The molecule has 0 spiro atoms. The second-order valence-electron chi connectivity index (χ2n) is 7.37. The van der Waals surface area contributed by atoms with Crippen molar-refractivity contribution in [2.45, 2.75) is 58.5 Å². The van der Waals surface area contributed by atoms with Crippen LogP contribution in [-0.2, 0) is 6.42 Å². The van der Waals surface area contributed by atoms with Crippen molar-refractivity contribution in [1.29, 1.82) is 0 Å². The van der Waals surface area contributed by atoms with Crippen LogP contribution in [0.25, 0.3) is 0 Å². The molecule has 1 aliphatic carbocycles. The normalized spacial score (nSPS) is 22.2. The topological polar surface area (TPSA) is 32.3 Å². The Morgan fingerprint density at radius 2 is 2.00 bits per heavy atom. The number of aliphatic hydroxyl groups is 1. The van der Waals surface area contributed by atoms with Crippen LogP contribution in [0.4, 0.5) is 0 Å². The highest BCUT2D eigenvalue weighted by Crippen LogP contribution is 2.30. The average Bonchev–Trinajstić information content (AvgIpc) is 2.54. The van der Waals surface area contributed by atoms with Crippen LogP contribution in [0.15, 0.2) is 35.9 Å². The van der Waals surface area contributed by atoms with Crippen LogP contribution >= 0.6 is 11.6 Å². The highest BCUT2D eigenvalue weighted by molar-refractivity contribution is 6.31. The van der Waals surface area contributed by atoms with Crippen LogP contribution in [0.1, 0.15) is 51.5 Å². The minimum absolute atomic E-state index is 0.238. The molecular formula is C21H32ClNO. The second-order valence-corrected chi connectivity index (χ2v) is 7.77. The molecule has 3 atom stereocenters. The molecule has 1 aliphatic rings. The fourth-order valence-corrected chi connectivity index (χ4v) is 3.92. The first-order valence-corrected chi connectivity index (χ1v) is 9.77. The summed E-state index contributed by atoms with van der Waals surface area (Å²) in [5.74, 6) is 1.33. The molecule has 3 unspecified atom stereocenters. The van der Waals surface area contributed by atoms with E-state index in [2.05, 4.69) is 31.3 Å². The Hall–Kier alpha value is -0.830. The van der Waals surface area contributed by atoms with Crippen LogP contribution in [0.3, 0.4) is 0 Å². The Kier molecular flexibility index (Phi) is 8.31. The van der Waals surface area contributed by atoms with E-state index in [-0.39, 0.29) is 6.10 Å². The Morgan fingerprint density at radius 3 is 2.75 bits per heavy atom. The van der Waals surface area contributed by atoms with E-state index in [1.807, 2.05) is 18.2 Å². The summed E-state index contributed by atoms with van der Waals surface area (Å²) in [5.41, 5.74) is 2.47. The minimum atomic E-state index is -0.238. The SMILES string of the molecule is CC1C=C(C(O)CCCCNCCc2ccccc2Cl)CC(C)C1. The predicted octanol–water partition coefficient (Wildman–Crippen LogP) is 5.00. The van der Waals surface area contributed by atoms with Crippen molar-refractivity contribution in [3.63, 3.8) is 0 Å². The summed E-state index contributed by atoms with van der Waals surface area (Å²) in [6.45, 7) is 6.50. The first-order chi connectivity index (χ1) is 11.6. The zero-order valence-electron chi connectivity index (χ0n) is 15.1. The van der Waals surface area contributed by atoms with Gasteiger partial charge in [-0.15, -0.1) is 0 Å². The van der Waals surface area contributed by atoms with Crippen molar-refractivity contribution in [3.05, 3.63) is 46.5 Å². The largest absolute Gasteiger partial charge is 0.389 e. The molecule has 0 fully saturated rings. The molecule has 2 rings (SSSR count). The summed E-state index contributed by atoms with van der Waals surface area (Å²) in [5, 5.41) is 14.7. The molecule has 0 saturated heterocycles. The fraction of sp³-hybridized carbons (Fsp3) is 0.619. The molecule has 1 aromatic carbocycles. The lowest BCUT2D eigenvalue weighted by Crippen LogP contribution is -2.21. The third-order valence-electron chi connectivity index (χ3n) is 4.89. The van der Waals surface area contributed by atoms with Gasteiger partial charge in [0.2, 0.25) is 0 Å². The zero-order valence-corrected chi connectivity index (χ0v) is 15.9. The van der Waals surface area contributed by atoms with Gasteiger partial charge in [-0.05, 0) is 80.7 Å². The third-order valence-corrected chi connectivity index (χ3v) is 5.26. The van der Waals surface area contributed by atoms with Gasteiger partial charge in [0.05, 0.1) is 6.10 Å². The lowest BCUT2D eigenvalue weighted by Gasteiger charge is -2.26. The predicted molar refractivity (Wildman–Crippen MR) is 104 cm³/mol. The molecule has 0 amide bonds. The van der Waals surface area contributed by atoms with Crippen molar-refractivity contribution in [2.24, 2.45) is 11.8 Å². The van der Waals surface area contributed by atoms with Crippen LogP contribution in [0.5, 0.6) is 0 Å². The van der Waals surface area contributed by atoms with Gasteiger partial charge >= 0.3 is 0 Å². The van der Waals surface area contributed by atoms with Gasteiger partial charge in [0, 0.05) is 5.02 Å². The Morgan fingerprint density at radius 1 is 1.21 bits per heavy atom. The van der Waals surface area contributed by atoms with E-state index in [0.29, 0.717) is 11.8 Å². The summed E-state index contributed by atoms with van der Waals surface area (Å²) in [7, 11) is 0. The molecule has 0 bridgehead atoms. The maximum absolute atomic E-state index is 10.4. The first kappa shape index (κ1) is 19.5. The molecule has 2 nitrogen and oxygen atoms in total. The number of rotatable bonds is 9. The van der Waals surface area contributed by atoms with Gasteiger partial charge in [-0.2, -0.15) is 0 Å². The molecule has 24 heavy (non-hydrogen) atoms. The van der Waals surface area contributed by atoms with Gasteiger partial charge < -0.3 is 10.4 Å². The average molecular weight is 350 g/mol. The Balaban J connectivity index is 1.56. The number of aliphatic hydroxyl groups excluding tert-OH is 1. The van der Waals surface area contributed by atoms with Crippen molar-refractivity contribution < 1.29 is 5.11 Å². The maximum Gasteiger partial charge on any atom is 0.0750 e. The lowest BCUT2D eigenvalue weighted by molar-refractivity contribution is 0.183. The number of unbranched alkanes of at least 4 members (excludes halogenated alkanes) is 1. The van der Waals surface area contributed by atoms with E-state index < -0.39 is 0 Å². The van der Waals surface area contributed by atoms with E-state index >= 15 is 0 Å². The number of hydrogen-bond donors (Lipinski definition) is 2. The molecule has 0 saturated carbocycles. The molecule has 3 heteroatoms. The van der Waals surface area contributed by atoms with Crippen molar-refractivity contribution >= 4 is 11.6 Å². The molecule has 0 aliphatic heterocycles. The van der Waals surface area contributed by atoms with Gasteiger partial charge in [0.1, 0.15) is 0 Å². The summed E-state index contributed by atoms with van der Waals surface area (Å²) < 4.78 is 0. The summed E-state index contributed by atoms with van der Waals surface area (Å²) in [6.07, 6.45) is 8.42. The van der Waals surface area contributed by atoms with Crippen LogP contribution in [-0.4, -0.2) is 24.3 Å². The van der Waals surface area contributed by atoms with Gasteiger partial charge in [-0.25, -0.2) is 0 Å². The number of nitrogens with one attached hydrogen (secondary N) is 1. The van der Waals surface area contributed by atoms with Gasteiger partial charge in [0.25, 0.3) is 0 Å². The third kappa shape index (κ3) is 6.58. The summed E-state index contributed by atoms with van der Waals surface area (Å²) >= 11 is 6.16. The van der Waals surface area contributed by atoms with Gasteiger partial charge in [-0.3, -0.25) is 0 Å². The molecule has 0 aromatic heterocycles. The van der Waals surface area contributed by atoms with E-state index in [1.165, 1.54) is 17.6 Å². The fourth-order valence-electron chi connectivity index (χ4n) is 3.69. The summed E-state index contributed by atoms with van der Waals surface area (Å²) in [4.78, 5) is 0. The number of halogens is 1. The maximum atomic E-state index is 10.4. The highest BCUT2D eigenvalue weighted by Gasteiger charge is 2.20. The molecule has 134 valence electrons. The van der Waals surface area contributed by atoms with Crippen molar-refractivity contribution in [3.8, 4) is 0 Å². The Labute approximate surface area is 152 Å². The van der Waals surface area contributed by atoms with Crippen LogP contribution in [0, 0.1) is 11.8 Å². The highest BCUT2D eigenvalue weighted by atomic mass is 35.5. The molecule has 1 aromatic rings. The van der Waals surface area contributed by atoms with E-state index in [9.17, 15) is 5.11 Å². The van der Waals surface area contributed by atoms with Crippen molar-refractivity contribution in [2.75, 3.05) is 13.1 Å². The quantitative estimate of drug-likeness (QED) is 0.486. The zero-order chi connectivity index (χ0) is 17.4. The van der Waals surface area contributed by atoms with Crippen LogP contribution in [0.2, 0.25) is 5.02 Å². The lowest BCUT2D eigenvalue weighted by atomic mass is 9.81. The van der Waals surface area contributed by atoms with Gasteiger partial charge in [-0.1, -0.05) is 49.7 Å². The monoisotopic (exact) mass is 349 g/mol. The number of hydrogen-bond acceptors (Lipinski definition) is 2. The van der Waals surface area contributed by atoms with E-state index in [0.717, 1.165) is 50.2 Å².